The van der Waals surface area contributed by atoms with E-state index in [9.17, 15) is 8.42 Å². The topological polar surface area (TPSA) is 62.3 Å². The van der Waals surface area contributed by atoms with Crippen molar-refractivity contribution in [1.82, 2.24) is 9.29 Å². The summed E-state index contributed by atoms with van der Waals surface area (Å²) >= 11 is 0. The molecule has 102 valence electrons. The average Bonchev–Trinajstić information content (AvgIpc) is 2.38. The Balaban J connectivity index is 2.11. The van der Waals surface area contributed by atoms with E-state index in [1.807, 2.05) is 30.3 Å². The molecular formula is C13H17N3O2S. The maximum atomic E-state index is 11.6. The minimum atomic E-state index is -3.18. The van der Waals surface area contributed by atoms with Gasteiger partial charge in [-0.2, -0.15) is 0 Å². The first-order chi connectivity index (χ1) is 9.00. The predicted molar refractivity (Wildman–Crippen MR) is 77.7 cm³/mol. The zero-order valence-corrected chi connectivity index (χ0v) is 11.8. The average molecular weight is 279 g/mol. The molecule has 6 heteroatoms. The molecule has 19 heavy (non-hydrogen) atoms. The highest BCUT2D eigenvalue weighted by atomic mass is 32.2. The molecule has 1 N–H and O–H groups in total. The van der Waals surface area contributed by atoms with E-state index in [2.05, 4.69) is 10.3 Å². The number of hydrogen-bond donors (Lipinski definition) is 1. The summed E-state index contributed by atoms with van der Waals surface area (Å²) in [4.78, 5) is 4.25. The van der Waals surface area contributed by atoms with Crippen molar-refractivity contribution in [3.8, 4) is 0 Å². The number of hydrogen-bond acceptors (Lipinski definition) is 4. The summed E-state index contributed by atoms with van der Waals surface area (Å²) in [6, 6.07) is 9.79. The molecule has 0 atom stereocenters. The molecule has 0 saturated heterocycles. The number of rotatable bonds is 5. The molecule has 0 amide bonds. The fourth-order valence-corrected chi connectivity index (χ4v) is 2.47. The van der Waals surface area contributed by atoms with Gasteiger partial charge in [0.05, 0.1) is 5.75 Å². The number of anilines is 1. The van der Waals surface area contributed by atoms with Crippen LogP contribution < -0.4 is 5.32 Å². The van der Waals surface area contributed by atoms with Crippen LogP contribution >= 0.6 is 0 Å². The van der Waals surface area contributed by atoms with Crippen molar-refractivity contribution in [2.75, 3.05) is 31.7 Å². The van der Waals surface area contributed by atoms with Gasteiger partial charge in [0.25, 0.3) is 0 Å². The third kappa shape index (κ3) is 3.21. The van der Waals surface area contributed by atoms with E-state index in [0.29, 0.717) is 12.4 Å². The van der Waals surface area contributed by atoms with Crippen LogP contribution in [0.4, 0.5) is 5.82 Å². The van der Waals surface area contributed by atoms with Crippen molar-refractivity contribution in [2.24, 2.45) is 0 Å². The highest BCUT2D eigenvalue weighted by molar-refractivity contribution is 7.89. The van der Waals surface area contributed by atoms with Crippen LogP contribution in [0.1, 0.15) is 0 Å². The van der Waals surface area contributed by atoms with Gasteiger partial charge in [0.1, 0.15) is 5.82 Å². The Morgan fingerprint density at radius 2 is 1.95 bits per heavy atom. The summed E-state index contributed by atoms with van der Waals surface area (Å²) < 4.78 is 24.5. The molecule has 1 heterocycles. The Bertz CT molecular complexity index is 663. The van der Waals surface area contributed by atoms with Crippen LogP contribution in [0.25, 0.3) is 10.8 Å². The van der Waals surface area contributed by atoms with Gasteiger partial charge in [-0.25, -0.2) is 17.7 Å². The molecule has 0 bridgehead atoms. The van der Waals surface area contributed by atoms with Crippen LogP contribution in [0.5, 0.6) is 0 Å². The van der Waals surface area contributed by atoms with Gasteiger partial charge in [0.2, 0.25) is 10.0 Å². The van der Waals surface area contributed by atoms with Crippen LogP contribution in [0.15, 0.2) is 36.5 Å². The molecule has 0 unspecified atom stereocenters. The van der Waals surface area contributed by atoms with Gasteiger partial charge in [0.15, 0.2) is 0 Å². The highest BCUT2D eigenvalue weighted by Crippen LogP contribution is 2.19. The number of pyridine rings is 1. The molecule has 0 aliphatic carbocycles. The highest BCUT2D eigenvalue weighted by Gasteiger charge is 2.13. The fraction of sp³-hybridized carbons (Fsp3) is 0.308. The largest absolute Gasteiger partial charge is 0.368 e. The van der Waals surface area contributed by atoms with Crippen molar-refractivity contribution >= 4 is 26.6 Å². The summed E-state index contributed by atoms with van der Waals surface area (Å²) in [7, 11) is -0.112. The summed E-state index contributed by atoms with van der Waals surface area (Å²) in [5.41, 5.74) is 0. The predicted octanol–water partition coefficient (Wildman–Crippen LogP) is 1.54. The SMILES string of the molecule is CN(C)S(=O)(=O)CCNc1nccc2ccccc12. The van der Waals surface area contributed by atoms with Gasteiger partial charge in [0, 0.05) is 32.2 Å². The first-order valence-electron chi connectivity index (χ1n) is 5.98. The van der Waals surface area contributed by atoms with Crippen molar-refractivity contribution in [3.63, 3.8) is 0 Å². The van der Waals surface area contributed by atoms with E-state index >= 15 is 0 Å². The van der Waals surface area contributed by atoms with Crippen LogP contribution in [0.2, 0.25) is 0 Å². The van der Waals surface area contributed by atoms with Crippen molar-refractivity contribution < 1.29 is 8.42 Å². The number of nitrogens with one attached hydrogen (secondary N) is 1. The molecule has 0 fully saturated rings. The first kappa shape index (κ1) is 13.8. The summed E-state index contributed by atoms with van der Waals surface area (Å²) in [5.74, 6) is 0.761. The van der Waals surface area contributed by atoms with Crippen molar-refractivity contribution in [1.29, 1.82) is 0 Å². The molecule has 1 aromatic heterocycles. The number of nitrogens with zero attached hydrogens (tertiary/aromatic N) is 2. The Labute approximate surface area is 113 Å². The van der Waals surface area contributed by atoms with Gasteiger partial charge in [-0.15, -0.1) is 0 Å². The lowest BCUT2D eigenvalue weighted by Crippen LogP contribution is -2.28. The number of sulfonamides is 1. The van der Waals surface area contributed by atoms with E-state index in [4.69, 9.17) is 0 Å². The van der Waals surface area contributed by atoms with Crippen LogP contribution in [-0.4, -0.2) is 44.1 Å². The molecule has 2 aromatic rings. The quantitative estimate of drug-likeness (QED) is 0.902. The normalized spacial score (nSPS) is 11.9. The Morgan fingerprint density at radius 1 is 1.21 bits per heavy atom. The van der Waals surface area contributed by atoms with Gasteiger partial charge >= 0.3 is 0 Å². The van der Waals surface area contributed by atoms with Crippen LogP contribution in [0, 0.1) is 0 Å². The second-order valence-corrected chi connectivity index (χ2v) is 6.71. The Morgan fingerprint density at radius 3 is 2.68 bits per heavy atom. The zero-order chi connectivity index (χ0) is 13.9. The lowest BCUT2D eigenvalue weighted by atomic mass is 10.1. The second-order valence-electron chi connectivity index (χ2n) is 4.41. The number of fused-ring (bicyclic) bond motifs is 1. The Kier molecular flexibility index (Phi) is 4.01. The minimum Gasteiger partial charge on any atom is -0.368 e. The van der Waals surface area contributed by atoms with E-state index in [-0.39, 0.29) is 5.75 Å². The third-order valence-corrected chi connectivity index (χ3v) is 4.72. The van der Waals surface area contributed by atoms with E-state index in [1.165, 1.54) is 18.4 Å². The molecule has 0 radical (unpaired) electrons. The third-order valence-electron chi connectivity index (χ3n) is 2.88. The van der Waals surface area contributed by atoms with Gasteiger partial charge < -0.3 is 5.32 Å². The first-order valence-corrected chi connectivity index (χ1v) is 7.59. The lowest BCUT2D eigenvalue weighted by Gasteiger charge is -2.12. The van der Waals surface area contributed by atoms with Crippen LogP contribution in [0.3, 0.4) is 0 Å². The van der Waals surface area contributed by atoms with Crippen molar-refractivity contribution in [3.05, 3.63) is 36.5 Å². The number of aromatic nitrogens is 1. The Hall–Kier alpha value is -1.66. The van der Waals surface area contributed by atoms with Crippen molar-refractivity contribution in [2.45, 2.75) is 0 Å². The standard InChI is InChI=1S/C13H17N3O2S/c1-16(2)19(17,18)10-9-15-13-12-6-4-3-5-11(12)7-8-14-13/h3-8H,9-10H2,1-2H3,(H,14,15). The number of benzene rings is 1. The molecule has 0 saturated carbocycles. The molecule has 0 aliphatic heterocycles. The van der Waals surface area contributed by atoms with E-state index in [0.717, 1.165) is 10.8 Å². The van der Waals surface area contributed by atoms with E-state index < -0.39 is 10.0 Å². The smallest absolute Gasteiger partial charge is 0.215 e. The maximum absolute atomic E-state index is 11.6. The second kappa shape index (κ2) is 5.54. The summed E-state index contributed by atoms with van der Waals surface area (Å²) in [6.45, 7) is 0.335. The van der Waals surface area contributed by atoms with E-state index in [1.54, 1.807) is 6.20 Å². The molecule has 0 aliphatic rings. The molecule has 5 nitrogen and oxygen atoms in total. The summed E-state index contributed by atoms with van der Waals surface area (Å²) in [5, 5.41) is 5.15. The summed E-state index contributed by atoms with van der Waals surface area (Å²) in [6.07, 6.45) is 1.71. The molecular weight excluding hydrogens is 262 g/mol. The monoisotopic (exact) mass is 279 g/mol. The molecule has 1 aromatic carbocycles. The zero-order valence-electron chi connectivity index (χ0n) is 11.0. The van der Waals surface area contributed by atoms with Crippen LogP contribution in [-0.2, 0) is 10.0 Å². The fourth-order valence-electron chi connectivity index (χ4n) is 1.74. The lowest BCUT2D eigenvalue weighted by molar-refractivity contribution is 0.521. The molecule has 2 rings (SSSR count). The molecule has 0 spiro atoms. The van der Waals surface area contributed by atoms with Gasteiger partial charge in [-0.05, 0) is 11.5 Å². The maximum Gasteiger partial charge on any atom is 0.215 e. The minimum absolute atomic E-state index is 0.0465. The van der Waals surface area contributed by atoms with Gasteiger partial charge in [-0.3, -0.25) is 0 Å². The van der Waals surface area contributed by atoms with Gasteiger partial charge in [-0.1, -0.05) is 24.3 Å².